The van der Waals surface area contributed by atoms with Crippen molar-refractivity contribution in [2.75, 3.05) is 26.4 Å². The van der Waals surface area contributed by atoms with Gasteiger partial charge in [0.2, 0.25) is 0 Å². The SMILES string of the molecule is CC(CCCO)NCCCOCC(F)(F)F. The number of alkyl halides is 3. The van der Waals surface area contributed by atoms with Gasteiger partial charge in [-0.05, 0) is 32.7 Å². The van der Waals surface area contributed by atoms with Gasteiger partial charge in [0, 0.05) is 19.3 Å². The van der Waals surface area contributed by atoms with Crippen molar-refractivity contribution in [2.24, 2.45) is 0 Å². The molecule has 1 atom stereocenters. The summed E-state index contributed by atoms with van der Waals surface area (Å²) in [5.74, 6) is 0. The lowest BCUT2D eigenvalue weighted by atomic mass is 10.2. The maximum absolute atomic E-state index is 11.7. The van der Waals surface area contributed by atoms with Gasteiger partial charge in [-0.25, -0.2) is 0 Å². The molecule has 0 radical (unpaired) electrons. The summed E-state index contributed by atoms with van der Waals surface area (Å²) >= 11 is 0. The van der Waals surface area contributed by atoms with Crippen LogP contribution < -0.4 is 5.32 Å². The molecule has 3 nitrogen and oxygen atoms in total. The van der Waals surface area contributed by atoms with Gasteiger partial charge in [0.15, 0.2) is 0 Å². The van der Waals surface area contributed by atoms with Gasteiger partial charge in [-0.15, -0.1) is 0 Å². The van der Waals surface area contributed by atoms with Crippen molar-refractivity contribution < 1.29 is 23.0 Å². The molecule has 0 saturated carbocycles. The van der Waals surface area contributed by atoms with E-state index in [1.54, 1.807) is 0 Å². The van der Waals surface area contributed by atoms with Crippen LogP contribution in [-0.4, -0.2) is 43.7 Å². The van der Waals surface area contributed by atoms with E-state index >= 15 is 0 Å². The second-order valence-electron chi connectivity index (χ2n) is 3.74. The first-order chi connectivity index (χ1) is 7.45. The Morgan fingerprint density at radius 2 is 2.00 bits per heavy atom. The Kier molecular flexibility index (Phi) is 8.60. The third-order valence-corrected chi connectivity index (χ3v) is 2.02. The van der Waals surface area contributed by atoms with Crippen LogP contribution in [0.15, 0.2) is 0 Å². The van der Waals surface area contributed by atoms with Crippen LogP contribution in [0.3, 0.4) is 0 Å². The molecule has 0 spiro atoms. The average Bonchev–Trinajstić information content (AvgIpc) is 2.18. The van der Waals surface area contributed by atoms with Crippen LogP contribution in [0.1, 0.15) is 26.2 Å². The number of ether oxygens (including phenoxy) is 1. The van der Waals surface area contributed by atoms with E-state index in [1.165, 1.54) is 0 Å². The second kappa shape index (κ2) is 8.78. The van der Waals surface area contributed by atoms with Crippen LogP contribution in [0.2, 0.25) is 0 Å². The van der Waals surface area contributed by atoms with E-state index in [-0.39, 0.29) is 19.3 Å². The van der Waals surface area contributed by atoms with Gasteiger partial charge >= 0.3 is 6.18 Å². The van der Waals surface area contributed by atoms with Gasteiger partial charge in [-0.2, -0.15) is 13.2 Å². The van der Waals surface area contributed by atoms with Crippen LogP contribution in [0.25, 0.3) is 0 Å². The number of aliphatic hydroxyl groups excluding tert-OH is 1. The van der Waals surface area contributed by atoms with Crippen LogP contribution in [0.4, 0.5) is 13.2 Å². The van der Waals surface area contributed by atoms with Crippen molar-refractivity contribution in [1.82, 2.24) is 5.32 Å². The van der Waals surface area contributed by atoms with Crippen LogP contribution in [0.5, 0.6) is 0 Å². The van der Waals surface area contributed by atoms with Gasteiger partial charge in [-0.3, -0.25) is 0 Å². The third-order valence-electron chi connectivity index (χ3n) is 2.02. The van der Waals surface area contributed by atoms with Crippen LogP contribution in [0, 0.1) is 0 Å². The van der Waals surface area contributed by atoms with Crippen molar-refractivity contribution >= 4 is 0 Å². The molecule has 0 aliphatic heterocycles. The van der Waals surface area contributed by atoms with E-state index in [0.29, 0.717) is 13.0 Å². The molecule has 1 unspecified atom stereocenters. The van der Waals surface area contributed by atoms with E-state index < -0.39 is 12.8 Å². The van der Waals surface area contributed by atoms with Crippen molar-refractivity contribution in [3.05, 3.63) is 0 Å². The summed E-state index contributed by atoms with van der Waals surface area (Å²) in [7, 11) is 0. The normalized spacial score (nSPS) is 14.1. The minimum Gasteiger partial charge on any atom is -0.396 e. The van der Waals surface area contributed by atoms with Crippen LogP contribution >= 0.6 is 0 Å². The number of aliphatic hydroxyl groups is 1. The molecule has 0 heterocycles. The lowest BCUT2D eigenvalue weighted by Crippen LogP contribution is -2.28. The number of hydrogen-bond donors (Lipinski definition) is 2. The molecule has 16 heavy (non-hydrogen) atoms. The molecule has 0 rings (SSSR count). The highest BCUT2D eigenvalue weighted by Crippen LogP contribution is 2.14. The molecule has 98 valence electrons. The van der Waals surface area contributed by atoms with E-state index in [2.05, 4.69) is 10.1 Å². The monoisotopic (exact) mass is 243 g/mol. The van der Waals surface area contributed by atoms with Gasteiger partial charge < -0.3 is 15.2 Å². The average molecular weight is 243 g/mol. The standard InChI is InChI=1S/C10H20F3NO2/c1-9(4-2-6-15)14-5-3-7-16-8-10(11,12)13/h9,14-15H,2-8H2,1H3. The topological polar surface area (TPSA) is 41.5 Å². The maximum Gasteiger partial charge on any atom is 0.411 e. The van der Waals surface area contributed by atoms with Crippen molar-refractivity contribution in [3.8, 4) is 0 Å². The molecule has 0 aromatic heterocycles. The number of nitrogens with one attached hydrogen (secondary N) is 1. The molecule has 2 N–H and O–H groups in total. The minimum absolute atomic E-state index is 0.110. The molecule has 0 saturated heterocycles. The summed E-state index contributed by atoms with van der Waals surface area (Å²) in [6.07, 6.45) is -2.08. The summed E-state index contributed by atoms with van der Waals surface area (Å²) in [5.41, 5.74) is 0. The lowest BCUT2D eigenvalue weighted by molar-refractivity contribution is -0.173. The fraction of sp³-hybridized carbons (Fsp3) is 1.00. The third kappa shape index (κ3) is 11.7. The summed E-state index contributed by atoms with van der Waals surface area (Å²) in [6, 6.07) is 0.273. The molecular weight excluding hydrogens is 223 g/mol. The Morgan fingerprint density at radius 1 is 1.31 bits per heavy atom. The van der Waals surface area contributed by atoms with E-state index in [1.807, 2.05) is 6.92 Å². The Morgan fingerprint density at radius 3 is 2.56 bits per heavy atom. The number of rotatable bonds is 9. The second-order valence-corrected chi connectivity index (χ2v) is 3.74. The molecule has 6 heteroatoms. The first-order valence-corrected chi connectivity index (χ1v) is 5.44. The van der Waals surface area contributed by atoms with E-state index in [9.17, 15) is 13.2 Å². The minimum atomic E-state index is -4.23. The highest BCUT2D eigenvalue weighted by atomic mass is 19.4. The lowest BCUT2D eigenvalue weighted by Gasteiger charge is -2.13. The Bertz CT molecular complexity index is 165. The molecular formula is C10H20F3NO2. The Balaban J connectivity index is 3.20. The molecule has 0 aliphatic carbocycles. The Hall–Kier alpha value is -0.330. The van der Waals surface area contributed by atoms with Gasteiger partial charge in [0.25, 0.3) is 0 Å². The molecule has 0 bridgehead atoms. The fourth-order valence-corrected chi connectivity index (χ4v) is 1.21. The quantitative estimate of drug-likeness (QED) is 0.606. The smallest absolute Gasteiger partial charge is 0.396 e. The van der Waals surface area contributed by atoms with Crippen LogP contribution in [-0.2, 0) is 4.74 Å². The molecule has 0 fully saturated rings. The highest BCUT2D eigenvalue weighted by molar-refractivity contribution is 4.60. The summed E-state index contributed by atoms with van der Waals surface area (Å²) < 4.78 is 39.5. The zero-order valence-corrected chi connectivity index (χ0v) is 9.52. The summed E-state index contributed by atoms with van der Waals surface area (Å²) in [6.45, 7) is 1.71. The van der Waals surface area contributed by atoms with Crippen molar-refractivity contribution in [1.29, 1.82) is 0 Å². The van der Waals surface area contributed by atoms with Crippen molar-refractivity contribution in [2.45, 2.75) is 38.4 Å². The maximum atomic E-state index is 11.7. The largest absolute Gasteiger partial charge is 0.411 e. The first kappa shape index (κ1) is 15.7. The van der Waals surface area contributed by atoms with Gasteiger partial charge in [0.1, 0.15) is 6.61 Å². The summed E-state index contributed by atoms with van der Waals surface area (Å²) in [5, 5.41) is 11.7. The zero-order valence-electron chi connectivity index (χ0n) is 9.52. The fourth-order valence-electron chi connectivity index (χ4n) is 1.21. The number of halogens is 3. The first-order valence-electron chi connectivity index (χ1n) is 5.44. The summed E-state index contributed by atoms with van der Waals surface area (Å²) in [4.78, 5) is 0. The molecule has 0 aromatic rings. The predicted octanol–water partition coefficient (Wildman–Crippen LogP) is 1.71. The Labute approximate surface area is 94.0 Å². The zero-order chi connectivity index (χ0) is 12.4. The molecule has 0 amide bonds. The van der Waals surface area contributed by atoms with Gasteiger partial charge in [-0.1, -0.05) is 0 Å². The van der Waals surface area contributed by atoms with E-state index in [0.717, 1.165) is 12.8 Å². The molecule has 0 aliphatic rings. The molecule has 0 aromatic carbocycles. The highest BCUT2D eigenvalue weighted by Gasteiger charge is 2.27. The van der Waals surface area contributed by atoms with Gasteiger partial charge in [0.05, 0.1) is 0 Å². The van der Waals surface area contributed by atoms with Crippen molar-refractivity contribution in [3.63, 3.8) is 0 Å². The predicted molar refractivity (Wildman–Crippen MR) is 55.3 cm³/mol. The number of hydrogen-bond acceptors (Lipinski definition) is 3. The van der Waals surface area contributed by atoms with E-state index in [4.69, 9.17) is 5.11 Å².